The van der Waals surface area contributed by atoms with E-state index in [0.717, 1.165) is 13.1 Å². The summed E-state index contributed by atoms with van der Waals surface area (Å²) in [6.07, 6.45) is -3.49. The van der Waals surface area contributed by atoms with Gasteiger partial charge in [-0.15, -0.1) is 24.0 Å². The van der Waals surface area contributed by atoms with E-state index in [-0.39, 0.29) is 36.1 Å². The van der Waals surface area contributed by atoms with Crippen LogP contribution in [0.2, 0.25) is 0 Å². The maximum atomic E-state index is 12.6. The molecule has 0 amide bonds. The zero-order valence-corrected chi connectivity index (χ0v) is 20.5. The van der Waals surface area contributed by atoms with E-state index in [2.05, 4.69) is 51.7 Å². The van der Waals surface area contributed by atoms with Crippen molar-refractivity contribution in [3.05, 3.63) is 35.4 Å². The van der Waals surface area contributed by atoms with Gasteiger partial charge >= 0.3 is 6.18 Å². The average molecular weight is 555 g/mol. The van der Waals surface area contributed by atoms with Crippen molar-refractivity contribution in [3.63, 3.8) is 0 Å². The Balaban J connectivity index is 0.00000341. The molecule has 2 saturated heterocycles. The van der Waals surface area contributed by atoms with Gasteiger partial charge in [0.25, 0.3) is 0 Å². The van der Waals surface area contributed by atoms with Crippen LogP contribution in [0.3, 0.4) is 0 Å². The summed E-state index contributed by atoms with van der Waals surface area (Å²) in [4.78, 5) is 8.12. The maximum Gasteiger partial charge on any atom is 0.401 e. The SMILES string of the molecule is CN=C(NCC(c1ccc(C)cc1)N1CCOCC1)NC1CCN(CC(F)(F)F)C1.I. The van der Waals surface area contributed by atoms with E-state index >= 15 is 0 Å². The number of nitrogens with zero attached hydrogens (tertiary/aromatic N) is 3. The van der Waals surface area contributed by atoms with Crippen molar-refractivity contribution in [2.24, 2.45) is 4.99 Å². The van der Waals surface area contributed by atoms with Crippen LogP contribution in [0.4, 0.5) is 13.2 Å². The van der Waals surface area contributed by atoms with Gasteiger partial charge in [-0.2, -0.15) is 13.2 Å². The molecule has 0 radical (unpaired) electrons. The second kappa shape index (κ2) is 12.2. The van der Waals surface area contributed by atoms with E-state index < -0.39 is 12.7 Å². The quantitative estimate of drug-likeness (QED) is 0.322. The third-order valence-electron chi connectivity index (χ3n) is 5.65. The smallest absolute Gasteiger partial charge is 0.379 e. The van der Waals surface area contributed by atoms with E-state index in [1.807, 2.05) is 0 Å². The number of rotatable bonds is 6. The Morgan fingerprint density at radius 3 is 2.48 bits per heavy atom. The standard InChI is InChI=1S/C21H32F3N5O.HI/c1-16-3-5-17(6-4-16)19(29-9-11-30-12-10-29)13-26-20(25-2)27-18-7-8-28(14-18)15-21(22,23)24;/h3-6,18-19H,7-15H2,1-2H3,(H2,25,26,27);1H. The summed E-state index contributed by atoms with van der Waals surface area (Å²) in [5.41, 5.74) is 2.44. The lowest BCUT2D eigenvalue weighted by Gasteiger charge is -2.35. The van der Waals surface area contributed by atoms with Crippen molar-refractivity contribution in [3.8, 4) is 0 Å². The summed E-state index contributed by atoms with van der Waals surface area (Å²) in [6, 6.07) is 8.66. The van der Waals surface area contributed by atoms with E-state index in [1.54, 1.807) is 7.05 Å². The second-order valence-corrected chi connectivity index (χ2v) is 8.01. The van der Waals surface area contributed by atoms with Gasteiger partial charge in [0.2, 0.25) is 0 Å². The number of alkyl halides is 3. The Hall–Kier alpha value is -1.11. The molecule has 6 nitrogen and oxygen atoms in total. The minimum atomic E-state index is -4.16. The number of hydrogen-bond acceptors (Lipinski definition) is 4. The molecular weight excluding hydrogens is 522 g/mol. The fourth-order valence-electron chi connectivity index (χ4n) is 4.06. The van der Waals surface area contributed by atoms with Crippen molar-refractivity contribution < 1.29 is 17.9 Å². The Morgan fingerprint density at radius 2 is 1.87 bits per heavy atom. The predicted molar refractivity (Wildman–Crippen MR) is 127 cm³/mol. The summed E-state index contributed by atoms with van der Waals surface area (Å²) >= 11 is 0. The molecule has 0 spiro atoms. The monoisotopic (exact) mass is 555 g/mol. The lowest BCUT2D eigenvalue weighted by Crippen LogP contribution is -2.49. The third-order valence-corrected chi connectivity index (χ3v) is 5.65. The minimum Gasteiger partial charge on any atom is -0.379 e. The lowest BCUT2D eigenvalue weighted by atomic mass is 10.0. The Labute approximate surface area is 199 Å². The summed E-state index contributed by atoms with van der Waals surface area (Å²) in [6.45, 7) is 5.83. The van der Waals surface area contributed by atoms with Crippen LogP contribution in [0.25, 0.3) is 0 Å². The number of benzene rings is 1. The molecule has 2 unspecified atom stereocenters. The number of halogens is 4. The number of ether oxygens (including phenoxy) is 1. The summed E-state index contributed by atoms with van der Waals surface area (Å²) in [7, 11) is 1.69. The predicted octanol–water partition coefficient (Wildman–Crippen LogP) is 2.79. The number of morpholine rings is 1. The molecule has 3 rings (SSSR count). The first-order chi connectivity index (χ1) is 14.3. The molecule has 176 valence electrons. The molecule has 2 N–H and O–H groups in total. The largest absolute Gasteiger partial charge is 0.401 e. The molecule has 2 fully saturated rings. The Bertz CT molecular complexity index is 695. The first-order valence-corrected chi connectivity index (χ1v) is 10.5. The average Bonchev–Trinajstić information content (AvgIpc) is 3.14. The van der Waals surface area contributed by atoms with Crippen LogP contribution < -0.4 is 10.6 Å². The van der Waals surface area contributed by atoms with Gasteiger partial charge in [-0.1, -0.05) is 29.8 Å². The van der Waals surface area contributed by atoms with E-state index in [1.165, 1.54) is 16.0 Å². The molecule has 0 aliphatic carbocycles. The van der Waals surface area contributed by atoms with E-state index in [4.69, 9.17) is 4.74 Å². The number of aryl methyl sites for hydroxylation is 1. The summed E-state index contributed by atoms with van der Waals surface area (Å²) in [5.74, 6) is 0.624. The van der Waals surface area contributed by atoms with Gasteiger partial charge in [-0.25, -0.2) is 0 Å². The molecule has 0 aromatic heterocycles. The van der Waals surface area contributed by atoms with Gasteiger partial charge in [-0.3, -0.25) is 14.8 Å². The fourth-order valence-corrected chi connectivity index (χ4v) is 4.06. The number of nitrogens with one attached hydrogen (secondary N) is 2. The highest BCUT2D eigenvalue weighted by Crippen LogP contribution is 2.22. The topological polar surface area (TPSA) is 52.1 Å². The van der Waals surface area contributed by atoms with Crippen molar-refractivity contribution in [2.75, 3.05) is 59.5 Å². The minimum absolute atomic E-state index is 0. The van der Waals surface area contributed by atoms with Crippen LogP contribution in [0.5, 0.6) is 0 Å². The third kappa shape index (κ3) is 8.39. The first-order valence-electron chi connectivity index (χ1n) is 10.5. The van der Waals surface area contributed by atoms with Crippen LogP contribution in [-0.4, -0.2) is 87.5 Å². The lowest BCUT2D eigenvalue weighted by molar-refractivity contribution is -0.143. The van der Waals surface area contributed by atoms with Crippen LogP contribution in [-0.2, 0) is 4.74 Å². The van der Waals surface area contributed by atoms with Crippen molar-refractivity contribution in [2.45, 2.75) is 31.6 Å². The van der Waals surface area contributed by atoms with Crippen molar-refractivity contribution >= 4 is 29.9 Å². The normalized spacial score (nSPS) is 22.1. The molecule has 2 aliphatic rings. The molecule has 0 bridgehead atoms. The van der Waals surface area contributed by atoms with Crippen molar-refractivity contribution in [1.82, 2.24) is 20.4 Å². The van der Waals surface area contributed by atoms with E-state index in [9.17, 15) is 13.2 Å². The van der Waals surface area contributed by atoms with Crippen LogP contribution in [0, 0.1) is 6.92 Å². The zero-order valence-electron chi connectivity index (χ0n) is 18.1. The number of likely N-dealkylation sites (tertiary alicyclic amines) is 1. The van der Waals surface area contributed by atoms with Crippen LogP contribution in [0.15, 0.2) is 29.3 Å². The van der Waals surface area contributed by atoms with Gasteiger partial charge in [0.15, 0.2) is 5.96 Å². The molecule has 10 heteroatoms. The molecule has 1 aromatic carbocycles. The summed E-state index contributed by atoms with van der Waals surface area (Å²) in [5, 5.41) is 6.67. The van der Waals surface area contributed by atoms with Crippen LogP contribution in [0.1, 0.15) is 23.6 Å². The maximum absolute atomic E-state index is 12.6. The Kier molecular flexibility index (Phi) is 10.3. The van der Waals surface area contributed by atoms with Crippen molar-refractivity contribution in [1.29, 1.82) is 0 Å². The summed E-state index contributed by atoms with van der Waals surface area (Å²) < 4.78 is 43.4. The molecule has 31 heavy (non-hydrogen) atoms. The number of hydrogen-bond donors (Lipinski definition) is 2. The van der Waals surface area contributed by atoms with Gasteiger partial charge in [-0.05, 0) is 18.9 Å². The van der Waals surface area contributed by atoms with Gasteiger partial charge in [0.1, 0.15) is 0 Å². The zero-order chi connectivity index (χ0) is 21.6. The van der Waals surface area contributed by atoms with Gasteiger partial charge < -0.3 is 15.4 Å². The molecule has 2 aliphatic heterocycles. The van der Waals surface area contributed by atoms with E-state index in [0.29, 0.717) is 45.2 Å². The number of guanidine groups is 1. The van der Waals surface area contributed by atoms with Crippen LogP contribution >= 0.6 is 24.0 Å². The number of aliphatic imine (C=N–C) groups is 1. The molecule has 1 aromatic rings. The highest BCUT2D eigenvalue weighted by Gasteiger charge is 2.34. The molecular formula is C21H33F3IN5O. The van der Waals surface area contributed by atoms with Gasteiger partial charge in [0, 0.05) is 45.8 Å². The highest BCUT2D eigenvalue weighted by molar-refractivity contribution is 14.0. The molecule has 2 heterocycles. The highest BCUT2D eigenvalue weighted by atomic mass is 127. The second-order valence-electron chi connectivity index (χ2n) is 8.01. The molecule has 0 saturated carbocycles. The molecule has 2 atom stereocenters. The Morgan fingerprint density at radius 1 is 1.19 bits per heavy atom. The first kappa shape index (κ1) is 26.1. The van der Waals surface area contributed by atoms with Gasteiger partial charge in [0.05, 0.1) is 25.8 Å². The fraction of sp³-hybridized carbons (Fsp3) is 0.667.